The number of aromatic nitrogens is 6. The molecule has 4 heterocycles. The standard InChI is InChI=1S/C24H23ClN6O/c1-16-14-30(15-26-16)21-11-9-17(27-24(21)32-2)10-12-22-28-23-19(7-5-13-31(23)29-22)18-6-3-4-8-20(18)25/h3-4,6,8-12,14-15,19H,5,7,13H2,1-2H3/b12-10+/t19-/m1/s1. The Morgan fingerprint density at radius 1 is 1.12 bits per heavy atom. The number of nitrogens with zero attached hydrogens (tertiary/aromatic N) is 6. The number of benzene rings is 1. The second-order valence-electron chi connectivity index (χ2n) is 7.79. The van der Waals surface area contributed by atoms with E-state index in [2.05, 4.69) is 21.1 Å². The SMILES string of the molecule is COc1nc(/C=C/c2nc3n(n2)CCC[C@@H]3c2ccccc2Cl)ccc1-n1cnc(C)c1. The van der Waals surface area contributed by atoms with E-state index in [1.54, 1.807) is 13.4 Å². The van der Waals surface area contributed by atoms with Gasteiger partial charge in [0, 0.05) is 23.7 Å². The Hall–Kier alpha value is -3.45. The van der Waals surface area contributed by atoms with E-state index < -0.39 is 0 Å². The van der Waals surface area contributed by atoms with Crippen LogP contribution in [0.3, 0.4) is 0 Å². The van der Waals surface area contributed by atoms with E-state index in [4.69, 9.17) is 21.3 Å². The van der Waals surface area contributed by atoms with Crippen molar-refractivity contribution >= 4 is 23.8 Å². The van der Waals surface area contributed by atoms with E-state index in [1.807, 2.05) is 64.9 Å². The molecule has 5 rings (SSSR count). The maximum atomic E-state index is 6.46. The number of hydrogen-bond acceptors (Lipinski definition) is 5. The fourth-order valence-corrected chi connectivity index (χ4v) is 4.36. The number of halogens is 1. The van der Waals surface area contributed by atoms with Crippen LogP contribution < -0.4 is 4.74 Å². The Kier molecular flexibility index (Phi) is 5.49. The zero-order valence-corrected chi connectivity index (χ0v) is 18.7. The first-order valence-corrected chi connectivity index (χ1v) is 10.9. The zero-order chi connectivity index (χ0) is 22.1. The average Bonchev–Trinajstić information content (AvgIpc) is 3.43. The second kappa shape index (κ2) is 8.59. The van der Waals surface area contributed by atoms with Gasteiger partial charge in [-0.2, -0.15) is 5.10 Å². The van der Waals surface area contributed by atoms with E-state index in [-0.39, 0.29) is 5.92 Å². The highest BCUT2D eigenvalue weighted by molar-refractivity contribution is 6.31. The number of imidazole rings is 1. The fourth-order valence-electron chi connectivity index (χ4n) is 4.09. The summed E-state index contributed by atoms with van der Waals surface area (Å²) in [7, 11) is 1.61. The topological polar surface area (TPSA) is 70.7 Å². The minimum Gasteiger partial charge on any atom is -0.479 e. The van der Waals surface area contributed by atoms with Crippen molar-refractivity contribution in [2.75, 3.05) is 7.11 Å². The average molecular weight is 447 g/mol. The van der Waals surface area contributed by atoms with Crippen molar-refractivity contribution in [3.8, 4) is 11.6 Å². The van der Waals surface area contributed by atoms with Gasteiger partial charge in [-0.1, -0.05) is 29.8 Å². The maximum Gasteiger partial charge on any atom is 0.238 e. The van der Waals surface area contributed by atoms with Gasteiger partial charge in [0.15, 0.2) is 5.82 Å². The minimum absolute atomic E-state index is 0.156. The van der Waals surface area contributed by atoms with Gasteiger partial charge in [-0.25, -0.2) is 19.6 Å². The number of ether oxygens (including phenoxy) is 1. The Morgan fingerprint density at radius 2 is 2.00 bits per heavy atom. The number of pyridine rings is 1. The first kappa shape index (κ1) is 20.5. The third-order valence-corrected chi connectivity index (χ3v) is 5.96. The number of fused-ring (bicyclic) bond motifs is 1. The predicted octanol–water partition coefficient (Wildman–Crippen LogP) is 4.93. The highest BCUT2D eigenvalue weighted by Crippen LogP contribution is 2.35. The van der Waals surface area contributed by atoms with Gasteiger partial charge in [0.2, 0.25) is 5.88 Å². The number of rotatable bonds is 5. The van der Waals surface area contributed by atoms with Gasteiger partial charge in [-0.3, -0.25) is 0 Å². The third kappa shape index (κ3) is 3.91. The second-order valence-corrected chi connectivity index (χ2v) is 8.20. The summed E-state index contributed by atoms with van der Waals surface area (Å²) < 4.78 is 9.39. The van der Waals surface area contributed by atoms with Crippen LogP contribution in [0.5, 0.6) is 5.88 Å². The molecule has 3 aromatic heterocycles. The number of methoxy groups -OCH3 is 1. The summed E-state index contributed by atoms with van der Waals surface area (Å²) in [6, 6.07) is 11.9. The molecule has 1 aliphatic heterocycles. The quantitative estimate of drug-likeness (QED) is 0.435. The van der Waals surface area contributed by atoms with Crippen molar-refractivity contribution in [2.24, 2.45) is 0 Å². The van der Waals surface area contributed by atoms with Crippen molar-refractivity contribution in [1.82, 2.24) is 29.3 Å². The van der Waals surface area contributed by atoms with E-state index >= 15 is 0 Å². The molecule has 32 heavy (non-hydrogen) atoms. The summed E-state index contributed by atoms with van der Waals surface area (Å²) in [5.74, 6) is 2.30. The molecular formula is C24H23ClN6O. The lowest BCUT2D eigenvalue weighted by Crippen LogP contribution is -2.18. The lowest BCUT2D eigenvalue weighted by molar-refractivity contribution is 0.395. The summed E-state index contributed by atoms with van der Waals surface area (Å²) in [6.07, 6.45) is 9.53. The van der Waals surface area contributed by atoms with Crippen molar-refractivity contribution in [1.29, 1.82) is 0 Å². The largest absolute Gasteiger partial charge is 0.479 e. The molecule has 0 fully saturated rings. The van der Waals surface area contributed by atoms with Gasteiger partial charge in [-0.15, -0.1) is 0 Å². The molecule has 0 bridgehead atoms. The molecule has 4 aromatic rings. The maximum absolute atomic E-state index is 6.46. The summed E-state index contributed by atoms with van der Waals surface area (Å²) in [6.45, 7) is 2.81. The fraction of sp³-hybridized carbons (Fsp3) is 0.250. The molecule has 1 aromatic carbocycles. The molecule has 1 aliphatic rings. The first-order chi connectivity index (χ1) is 15.6. The van der Waals surface area contributed by atoms with Gasteiger partial charge in [-0.05, 0) is 55.7 Å². The Morgan fingerprint density at radius 3 is 2.78 bits per heavy atom. The van der Waals surface area contributed by atoms with Crippen LogP contribution in [0.2, 0.25) is 5.02 Å². The molecule has 0 aliphatic carbocycles. The Labute approximate surface area is 191 Å². The van der Waals surface area contributed by atoms with Crippen LogP contribution in [-0.2, 0) is 6.54 Å². The van der Waals surface area contributed by atoms with Crippen LogP contribution in [0.4, 0.5) is 0 Å². The molecule has 162 valence electrons. The van der Waals surface area contributed by atoms with Crippen LogP contribution >= 0.6 is 11.6 Å². The Balaban J connectivity index is 1.42. The van der Waals surface area contributed by atoms with E-state index in [0.717, 1.165) is 52.9 Å². The van der Waals surface area contributed by atoms with Crippen molar-refractivity contribution in [2.45, 2.75) is 32.2 Å². The highest BCUT2D eigenvalue weighted by Gasteiger charge is 2.26. The smallest absolute Gasteiger partial charge is 0.238 e. The lowest BCUT2D eigenvalue weighted by atomic mass is 9.91. The van der Waals surface area contributed by atoms with Crippen LogP contribution in [0.1, 0.15) is 47.4 Å². The van der Waals surface area contributed by atoms with Gasteiger partial charge in [0.1, 0.15) is 11.5 Å². The lowest BCUT2D eigenvalue weighted by Gasteiger charge is -2.23. The van der Waals surface area contributed by atoms with Crippen LogP contribution in [-0.4, -0.2) is 36.4 Å². The molecule has 0 unspecified atom stereocenters. The van der Waals surface area contributed by atoms with Gasteiger partial charge >= 0.3 is 0 Å². The predicted molar refractivity (Wildman–Crippen MR) is 124 cm³/mol. The molecule has 0 saturated carbocycles. The third-order valence-electron chi connectivity index (χ3n) is 5.62. The molecule has 8 heteroatoms. The highest BCUT2D eigenvalue weighted by atomic mass is 35.5. The van der Waals surface area contributed by atoms with Crippen LogP contribution in [0, 0.1) is 6.92 Å². The molecule has 0 N–H and O–H groups in total. The van der Waals surface area contributed by atoms with Crippen LogP contribution in [0.25, 0.3) is 17.8 Å². The summed E-state index contributed by atoms with van der Waals surface area (Å²) in [5, 5.41) is 5.46. The first-order valence-electron chi connectivity index (χ1n) is 10.6. The molecule has 7 nitrogen and oxygen atoms in total. The van der Waals surface area contributed by atoms with Gasteiger partial charge < -0.3 is 9.30 Å². The summed E-state index contributed by atoms with van der Waals surface area (Å²) >= 11 is 6.46. The summed E-state index contributed by atoms with van der Waals surface area (Å²) in [5.41, 5.74) is 3.64. The molecule has 1 atom stereocenters. The monoisotopic (exact) mass is 446 g/mol. The van der Waals surface area contributed by atoms with E-state index in [9.17, 15) is 0 Å². The van der Waals surface area contributed by atoms with Crippen LogP contribution in [0.15, 0.2) is 48.9 Å². The Bertz CT molecular complexity index is 1290. The zero-order valence-electron chi connectivity index (χ0n) is 17.9. The molecule has 0 saturated heterocycles. The van der Waals surface area contributed by atoms with Crippen molar-refractivity contribution in [3.05, 3.63) is 82.5 Å². The molecule has 0 spiro atoms. The van der Waals surface area contributed by atoms with Gasteiger partial charge in [0.25, 0.3) is 0 Å². The van der Waals surface area contributed by atoms with Crippen molar-refractivity contribution in [3.63, 3.8) is 0 Å². The molecule has 0 amide bonds. The van der Waals surface area contributed by atoms with Gasteiger partial charge in [0.05, 0.1) is 24.8 Å². The van der Waals surface area contributed by atoms with E-state index in [1.165, 1.54) is 0 Å². The van der Waals surface area contributed by atoms with E-state index in [0.29, 0.717) is 11.7 Å². The summed E-state index contributed by atoms with van der Waals surface area (Å²) in [4.78, 5) is 13.7. The molecule has 0 radical (unpaired) electrons. The minimum atomic E-state index is 0.156. The number of aryl methyl sites for hydroxylation is 2. The number of hydrogen-bond donors (Lipinski definition) is 0. The molecular weight excluding hydrogens is 424 g/mol. The normalized spacial score (nSPS) is 15.8. The van der Waals surface area contributed by atoms with Crippen molar-refractivity contribution < 1.29 is 4.74 Å².